The van der Waals surface area contributed by atoms with Crippen LogP contribution >= 0.6 is 0 Å². The van der Waals surface area contributed by atoms with Crippen LogP contribution in [0.15, 0.2) is 0 Å². The van der Waals surface area contributed by atoms with Crippen LogP contribution in [-0.2, 0) is 14.3 Å². The highest BCUT2D eigenvalue weighted by Gasteiger charge is 2.09. The van der Waals surface area contributed by atoms with Crippen molar-refractivity contribution in [2.45, 2.75) is 85.5 Å². The molecule has 0 aromatic rings. The fourth-order valence-electron chi connectivity index (χ4n) is 2.63. The highest BCUT2D eigenvalue weighted by Crippen LogP contribution is 2.20. The molecule has 0 amide bonds. The molecule has 1 N–H and O–H groups in total. The number of aliphatic carboxylic acids is 1. The third-order valence-corrected chi connectivity index (χ3v) is 4.29. The average molecular weight is 328 g/mol. The Labute approximate surface area is 142 Å². The molecule has 0 saturated heterocycles. The number of carbonyl (C=O) groups is 2. The molecular formula is C19H36O4. The molecule has 23 heavy (non-hydrogen) atoms. The lowest BCUT2D eigenvalue weighted by Gasteiger charge is -2.15. The summed E-state index contributed by atoms with van der Waals surface area (Å²) in [5.74, 6) is 0.788. The molecule has 4 nitrogen and oxygen atoms in total. The fraction of sp³-hybridized carbons (Fsp3) is 0.895. The van der Waals surface area contributed by atoms with E-state index in [1.54, 1.807) is 0 Å². The van der Waals surface area contributed by atoms with E-state index in [9.17, 15) is 9.59 Å². The molecule has 2 unspecified atom stereocenters. The van der Waals surface area contributed by atoms with Crippen molar-refractivity contribution in [1.29, 1.82) is 0 Å². The first kappa shape index (κ1) is 21.9. The maximum absolute atomic E-state index is 11.3. The van der Waals surface area contributed by atoms with E-state index in [-0.39, 0.29) is 12.8 Å². The molecule has 0 spiro atoms. The van der Waals surface area contributed by atoms with Crippen molar-refractivity contribution in [2.75, 3.05) is 6.61 Å². The Bertz CT molecular complexity index is 325. The van der Waals surface area contributed by atoms with E-state index in [2.05, 4.69) is 27.7 Å². The van der Waals surface area contributed by atoms with Gasteiger partial charge < -0.3 is 9.84 Å². The maximum Gasteiger partial charge on any atom is 0.306 e. The predicted molar refractivity (Wildman–Crippen MR) is 93.3 cm³/mol. The number of hydrogen-bond acceptors (Lipinski definition) is 3. The molecule has 0 aliphatic rings. The Morgan fingerprint density at radius 3 is 1.87 bits per heavy atom. The van der Waals surface area contributed by atoms with Crippen LogP contribution in [0.2, 0.25) is 0 Å². The second-order valence-corrected chi connectivity index (χ2v) is 7.37. The van der Waals surface area contributed by atoms with E-state index < -0.39 is 11.9 Å². The van der Waals surface area contributed by atoms with Gasteiger partial charge in [-0.15, -0.1) is 0 Å². The molecule has 0 saturated carbocycles. The van der Waals surface area contributed by atoms with Crippen LogP contribution in [0.4, 0.5) is 0 Å². The summed E-state index contributed by atoms with van der Waals surface area (Å²) in [7, 11) is 0. The van der Waals surface area contributed by atoms with E-state index in [0.29, 0.717) is 12.5 Å². The lowest BCUT2D eigenvalue weighted by atomic mass is 9.93. The second-order valence-electron chi connectivity index (χ2n) is 7.37. The van der Waals surface area contributed by atoms with Crippen molar-refractivity contribution in [3.8, 4) is 0 Å². The Kier molecular flexibility index (Phi) is 12.8. The van der Waals surface area contributed by atoms with Crippen molar-refractivity contribution >= 4 is 11.9 Å². The molecule has 0 heterocycles. The summed E-state index contributed by atoms with van der Waals surface area (Å²) in [4.78, 5) is 21.6. The SMILES string of the molecule is CC(C)CCCC(C)CCCC(C)CCOC(=O)CCC(=O)O. The van der Waals surface area contributed by atoms with Crippen LogP contribution in [-0.4, -0.2) is 23.7 Å². The van der Waals surface area contributed by atoms with Gasteiger partial charge in [0.1, 0.15) is 0 Å². The van der Waals surface area contributed by atoms with Crippen molar-refractivity contribution in [2.24, 2.45) is 17.8 Å². The molecule has 0 aliphatic carbocycles. The van der Waals surface area contributed by atoms with Crippen LogP contribution in [0.25, 0.3) is 0 Å². The number of esters is 1. The Hall–Kier alpha value is -1.06. The molecule has 136 valence electrons. The number of ether oxygens (including phenoxy) is 1. The first-order chi connectivity index (χ1) is 10.8. The summed E-state index contributed by atoms with van der Waals surface area (Å²) in [6, 6.07) is 0. The van der Waals surface area contributed by atoms with Crippen molar-refractivity contribution in [3.63, 3.8) is 0 Å². The number of carboxylic acid groups (broad SMARTS) is 1. The predicted octanol–water partition coefficient (Wildman–Crippen LogP) is 5.05. The minimum Gasteiger partial charge on any atom is -0.481 e. The van der Waals surface area contributed by atoms with E-state index in [0.717, 1.165) is 18.3 Å². The maximum atomic E-state index is 11.3. The van der Waals surface area contributed by atoms with E-state index in [1.165, 1.54) is 38.5 Å². The molecule has 0 aromatic carbocycles. The van der Waals surface area contributed by atoms with Crippen LogP contribution in [0, 0.1) is 17.8 Å². The third-order valence-electron chi connectivity index (χ3n) is 4.29. The third kappa shape index (κ3) is 15.6. The zero-order valence-corrected chi connectivity index (χ0v) is 15.5. The molecule has 4 heteroatoms. The number of carboxylic acids is 1. The van der Waals surface area contributed by atoms with Gasteiger partial charge in [-0.3, -0.25) is 9.59 Å². The van der Waals surface area contributed by atoms with Crippen molar-refractivity contribution < 1.29 is 19.4 Å². The normalized spacial score (nSPS) is 13.8. The topological polar surface area (TPSA) is 63.6 Å². The standard InChI is InChI=1S/C19H36O4/c1-15(2)7-5-8-16(3)9-6-10-17(4)13-14-23-19(22)12-11-18(20)21/h15-17H,5-14H2,1-4H3,(H,20,21). The first-order valence-electron chi connectivity index (χ1n) is 9.18. The van der Waals surface area contributed by atoms with Gasteiger partial charge in [0, 0.05) is 0 Å². The van der Waals surface area contributed by atoms with Gasteiger partial charge in [0.15, 0.2) is 0 Å². The van der Waals surface area contributed by atoms with E-state index >= 15 is 0 Å². The van der Waals surface area contributed by atoms with Gasteiger partial charge in [-0.05, 0) is 24.2 Å². The number of carbonyl (C=O) groups excluding carboxylic acids is 1. The lowest BCUT2D eigenvalue weighted by Crippen LogP contribution is -2.10. The summed E-state index contributed by atoms with van der Waals surface area (Å²) in [6.45, 7) is 9.50. The zero-order valence-electron chi connectivity index (χ0n) is 15.5. The minimum absolute atomic E-state index is 0.0302. The average Bonchev–Trinajstić information content (AvgIpc) is 2.44. The Morgan fingerprint density at radius 1 is 0.826 bits per heavy atom. The summed E-state index contributed by atoms with van der Waals surface area (Å²) < 4.78 is 5.06. The van der Waals surface area contributed by atoms with Gasteiger partial charge in [-0.25, -0.2) is 0 Å². The largest absolute Gasteiger partial charge is 0.481 e. The molecule has 0 aromatic heterocycles. The van der Waals surface area contributed by atoms with Crippen LogP contribution < -0.4 is 0 Å². The number of rotatable bonds is 14. The monoisotopic (exact) mass is 328 g/mol. The zero-order chi connectivity index (χ0) is 17.7. The highest BCUT2D eigenvalue weighted by atomic mass is 16.5. The molecule has 0 bridgehead atoms. The van der Waals surface area contributed by atoms with Crippen molar-refractivity contribution in [1.82, 2.24) is 0 Å². The minimum atomic E-state index is -0.960. The summed E-state index contributed by atoms with van der Waals surface area (Å²) in [5.41, 5.74) is 0. The van der Waals surface area contributed by atoms with E-state index in [1.807, 2.05) is 0 Å². The molecule has 0 radical (unpaired) electrons. The summed E-state index contributed by atoms with van der Waals surface area (Å²) in [6.07, 6.45) is 8.35. The van der Waals surface area contributed by atoms with Crippen molar-refractivity contribution in [3.05, 3.63) is 0 Å². The molecule has 0 rings (SSSR count). The van der Waals surface area contributed by atoms with Gasteiger partial charge in [-0.1, -0.05) is 66.2 Å². The van der Waals surface area contributed by atoms with Crippen LogP contribution in [0.3, 0.4) is 0 Å². The molecule has 0 fully saturated rings. The summed E-state index contributed by atoms with van der Waals surface area (Å²) >= 11 is 0. The summed E-state index contributed by atoms with van der Waals surface area (Å²) in [5, 5.41) is 8.49. The first-order valence-corrected chi connectivity index (χ1v) is 9.18. The smallest absolute Gasteiger partial charge is 0.306 e. The molecule has 0 aliphatic heterocycles. The van der Waals surface area contributed by atoms with Gasteiger partial charge in [0.05, 0.1) is 19.4 Å². The van der Waals surface area contributed by atoms with Gasteiger partial charge >= 0.3 is 11.9 Å². The second kappa shape index (κ2) is 13.4. The number of hydrogen-bond donors (Lipinski definition) is 1. The highest BCUT2D eigenvalue weighted by molar-refractivity contribution is 5.76. The quantitative estimate of drug-likeness (QED) is 0.453. The van der Waals surface area contributed by atoms with Crippen LogP contribution in [0.1, 0.15) is 85.5 Å². The Balaban J connectivity index is 3.54. The molecule has 2 atom stereocenters. The van der Waals surface area contributed by atoms with E-state index in [4.69, 9.17) is 9.84 Å². The van der Waals surface area contributed by atoms with Gasteiger partial charge in [0.25, 0.3) is 0 Å². The van der Waals surface area contributed by atoms with Gasteiger partial charge in [0.2, 0.25) is 0 Å². The fourth-order valence-corrected chi connectivity index (χ4v) is 2.63. The Morgan fingerprint density at radius 2 is 1.35 bits per heavy atom. The lowest BCUT2D eigenvalue weighted by molar-refractivity contribution is -0.148. The van der Waals surface area contributed by atoms with Crippen LogP contribution in [0.5, 0.6) is 0 Å². The van der Waals surface area contributed by atoms with Gasteiger partial charge in [-0.2, -0.15) is 0 Å². The molecular weight excluding hydrogens is 292 g/mol.